The first kappa shape index (κ1) is 101. The molecule has 0 saturated heterocycles. The molecule has 476 valence electrons. The molecule has 0 radical (unpaired) electrons. The summed E-state index contributed by atoms with van der Waals surface area (Å²) in [4.78, 5) is 9.82. The van der Waals surface area contributed by atoms with E-state index in [1.54, 1.807) is 6.92 Å². The Kier molecular flexibility index (Phi) is 180. The Bertz CT molecular complexity index is 483. The van der Waals surface area contributed by atoms with Crippen molar-refractivity contribution in [3.05, 3.63) is 0 Å². The zero-order chi connectivity index (χ0) is 60.3. The Morgan fingerprint density at radius 2 is 0.250 bits per heavy atom. The average molecular weight is 1090 g/mol. The summed E-state index contributed by atoms with van der Waals surface area (Å²) >= 11 is 0. The van der Waals surface area contributed by atoms with Crippen molar-refractivity contribution in [3.63, 3.8) is 0 Å². The summed E-state index contributed by atoms with van der Waals surface area (Å²) in [6.07, 6.45) is 70.1. The van der Waals surface area contributed by atoms with Crippen molar-refractivity contribution < 1.29 is 9.53 Å². The van der Waals surface area contributed by atoms with Gasteiger partial charge in [-0.05, 0) is 6.92 Å². The SMILES string of the molecule is CCCCCCC.CCCCCCC.CCCCCCC.CCCCCCC.CCCCCCC.CCCCCCC.CCCCCCC.CCCCCCC.CCCCCCC.CCCCCCC.CCOC(C)=O. The molecule has 0 saturated carbocycles. The van der Waals surface area contributed by atoms with Gasteiger partial charge in [-0.25, -0.2) is 0 Å². The molecule has 0 bridgehead atoms. The molecule has 2 heteroatoms. The minimum Gasteiger partial charge on any atom is -0.466 e. The predicted molar refractivity (Wildman–Crippen MR) is 367 cm³/mol. The molecular weight excluding hydrogens is 921 g/mol. The van der Waals surface area contributed by atoms with E-state index in [1.807, 2.05) is 0 Å². The molecule has 0 aliphatic carbocycles. The van der Waals surface area contributed by atoms with E-state index in [-0.39, 0.29) is 5.97 Å². The molecule has 0 rings (SSSR count). The second-order valence-corrected chi connectivity index (χ2v) is 21.5. The van der Waals surface area contributed by atoms with Crippen molar-refractivity contribution in [2.45, 2.75) is 473 Å². The molecule has 0 aromatic rings. The van der Waals surface area contributed by atoms with Crippen LogP contribution in [0, 0.1) is 0 Å². The summed E-state index contributed by atoms with van der Waals surface area (Å²) in [5.74, 6) is -0.211. The summed E-state index contributed by atoms with van der Waals surface area (Å²) in [6.45, 7) is 48.6. The van der Waals surface area contributed by atoms with Gasteiger partial charge in [0.1, 0.15) is 0 Å². The zero-order valence-electron chi connectivity index (χ0n) is 59.4. The van der Waals surface area contributed by atoms with Crippen molar-refractivity contribution in [2.75, 3.05) is 6.61 Å². The third-order valence-corrected chi connectivity index (χ3v) is 12.4. The Balaban J connectivity index is -0.0000000680. The Labute approximate surface area is 493 Å². The first-order valence-electron chi connectivity index (χ1n) is 36.0. The fourth-order valence-electron chi connectivity index (χ4n) is 6.97. The van der Waals surface area contributed by atoms with Gasteiger partial charge in [-0.15, -0.1) is 0 Å². The lowest BCUT2D eigenvalue weighted by atomic mass is 10.2. The van der Waals surface area contributed by atoms with Crippen molar-refractivity contribution >= 4 is 5.97 Å². The molecule has 2 nitrogen and oxygen atoms in total. The summed E-state index contributed by atoms with van der Waals surface area (Å²) in [6, 6.07) is 0. The van der Waals surface area contributed by atoms with E-state index in [1.165, 1.54) is 328 Å². The summed E-state index contributed by atoms with van der Waals surface area (Å²) in [5.41, 5.74) is 0. The Morgan fingerprint density at radius 3 is 0.276 bits per heavy atom. The van der Waals surface area contributed by atoms with Gasteiger partial charge in [0.05, 0.1) is 6.61 Å². The number of hydrogen-bond acceptors (Lipinski definition) is 2. The molecule has 0 aromatic heterocycles. The van der Waals surface area contributed by atoms with Crippen molar-refractivity contribution in [1.82, 2.24) is 0 Å². The van der Waals surface area contributed by atoms with Gasteiger partial charge in [0, 0.05) is 6.92 Å². The van der Waals surface area contributed by atoms with Gasteiger partial charge in [-0.1, -0.05) is 460 Å². The highest BCUT2D eigenvalue weighted by atomic mass is 16.5. The van der Waals surface area contributed by atoms with E-state index in [0.29, 0.717) is 6.61 Å². The van der Waals surface area contributed by atoms with Gasteiger partial charge in [0.2, 0.25) is 0 Å². The van der Waals surface area contributed by atoms with Gasteiger partial charge in [0.15, 0.2) is 0 Å². The minimum absolute atomic E-state index is 0.211. The molecule has 0 aliphatic heterocycles. The van der Waals surface area contributed by atoms with Crippen molar-refractivity contribution in [2.24, 2.45) is 0 Å². The van der Waals surface area contributed by atoms with Crippen LogP contribution >= 0.6 is 0 Å². The quantitative estimate of drug-likeness (QED) is 0.0451. The third kappa shape index (κ3) is 214. The lowest BCUT2D eigenvalue weighted by Gasteiger charge is -1.90. The lowest BCUT2D eigenvalue weighted by Crippen LogP contribution is -1.95. The molecule has 0 atom stereocenters. The van der Waals surface area contributed by atoms with E-state index in [2.05, 4.69) is 143 Å². The number of carbonyl (C=O) groups excluding carboxylic acids is 1. The van der Waals surface area contributed by atoms with Crippen LogP contribution in [0.25, 0.3) is 0 Å². The number of carbonyl (C=O) groups is 1. The number of unbranched alkanes of at least 4 members (excludes halogenated alkanes) is 40. The number of hydrogen-bond donors (Lipinski definition) is 0. The van der Waals surface area contributed by atoms with Crippen LogP contribution in [0.4, 0.5) is 0 Å². The minimum atomic E-state index is -0.211. The molecule has 0 aromatic carbocycles. The Hall–Kier alpha value is -0.530. The molecule has 0 aliphatic rings. The first-order valence-corrected chi connectivity index (χ1v) is 36.0. The maximum Gasteiger partial charge on any atom is 0.302 e. The van der Waals surface area contributed by atoms with E-state index in [0.717, 1.165) is 0 Å². The van der Waals surface area contributed by atoms with Crippen LogP contribution < -0.4 is 0 Å². The molecule has 0 amide bonds. The normalized spacial score (nSPS) is 9.29. The van der Waals surface area contributed by atoms with Crippen LogP contribution in [-0.4, -0.2) is 12.6 Å². The van der Waals surface area contributed by atoms with Gasteiger partial charge >= 0.3 is 5.97 Å². The monoisotopic (exact) mass is 1090 g/mol. The van der Waals surface area contributed by atoms with Crippen LogP contribution in [0.1, 0.15) is 473 Å². The second-order valence-electron chi connectivity index (χ2n) is 21.5. The molecule has 0 spiro atoms. The van der Waals surface area contributed by atoms with E-state index >= 15 is 0 Å². The van der Waals surface area contributed by atoms with Crippen LogP contribution in [0.15, 0.2) is 0 Å². The lowest BCUT2D eigenvalue weighted by molar-refractivity contribution is -0.140. The van der Waals surface area contributed by atoms with Gasteiger partial charge < -0.3 is 4.74 Å². The number of rotatable bonds is 41. The number of esters is 1. The Morgan fingerprint density at radius 1 is 0.171 bits per heavy atom. The highest BCUT2D eigenvalue weighted by Crippen LogP contribution is 2.05. The van der Waals surface area contributed by atoms with Gasteiger partial charge in [-0.2, -0.15) is 0 Å². The average Bonchev–Trinajstić information content (AvgIpc) is 3.42. The van der Waals surface area contributed by atoms with E-state index < -0.39 is 0 Å². The molecular formula is C74H168O2. The van der Waals surface area contributed by atoms with Crippen LogP contribution in [0.2, 0.25) is 0 Å². The topological polar surface area (TPSA) is 26.3 Å². The molecule has 0 heterocycles. The largest absolute Gasteiger partial charge is 0.466 e. The highest BCUT2D eigenvalue weighted by Gasteiger charge is 1.86. The van der Waals surface area contributed by atoms with Crippen molar-refractivity contribution in [3.8, 4) is 0 Å². The summed E-state index contributed by atoms with van der Waals surface area (Å²) < 4.78 is 4.40. The fraction of sp³-hybridized carbons (Fsp3) is 0.986. The summed E-state index contributed by atoms with van der Waals surface area (Å²) in [7, 11) is 0. The van der Waals surface area contributed by atoms with Gasteiger partial charge in [-0.3, -0.25) is 4.79 Å². The summed E-state index contributed by atoms with van der Waals surface area (Å²) in [5, 5.41) is 0. The second kappa shape index (κ2) is 135. The first-order chi connectivity index (χ1) is 36.9. The fourth-order valence-corrected chi connectivity index (χ4v) is 6.97. The zero-order valence-corrected chi connectivity index (χ0v) is 59.4. The highest BCUT2D eigenvalue weighted by molar-refractivity contribution is 5.65. The standard InChI is InChI=1S/10C7H16.C4H8O2/c10*1-3-5-7-6-4-2;1-3-6-4(2)5/h10*3-7H2,1-2H3;3H2,1-2H3. The van der Waals surface area contributed by atoms with E-state index in [4.69, 9.17) is 0 Å². The van der Waals surface area contributed by atoms with Crippen LogP contribution in [0.3, 0.4) is 0 Å². The van der Waals surface area contributed by atoms with Crippen LogP contribution in [-0.2, 0) is 9.53 Å². The smallest absolute Gasteiger partial charge is 0.302 e. The molecule has 76 heavy (non-hydrogen) atoms. The third-order valence-electron chi connectivity index (χ3n) is 12.4. The molecule has 0 fully saturated rings. The predicted octanol–water partition coefficient (Wildman–Crippen LogP) is 30.3. The van der Waals surface area contributed by atoms with Gasteiger partial charge in [0.25, 0.3) is 0 Å². The maximum absolute atomic E-state index is 9.82. The maximum atomic E-state index is 9.82. The van der Waals surface area contributed by atoms with Crippen LogP contribution in [0.5, 0.6) is 0 Å². The van der Waals surface area contributed by atoms with Crippen molar-refractivity contribution in [1.29, 1.82) is 0 Å². The van der Waals surface area contributed by atoms with E-state index in [9.17, 15) is 4.79 Å². The number of ether oxygens (including phenoxy) is 1. The molecule has 0 unspecified atom stereocenters. The molecule has 0 N–H and O–H groups in total.